The van der Waals surface area contributed by atoms with Crippen LogP contribution in [0.3, 0.4) is 0 Å². The van der Waals surface area contributed by atoms with Crippen LogP contribution in [0.1, 0.15) is 46.1 Å². The van der Waals surface area contributed by atoms with Gasteiger partial charge in [-0.05, 0) is 55.9 Å². The van der Waals surface area contributed by atoms with Gasteiger partial charge in [-0.25, -0.2) is 5.43 Å². The number of hydrazone groups is 1. The monoisotopic (exact) mass is 301 g/mol. The Kier molecular flexibility index (Phi) is 3.92. The molecule has 1 aliphatic carbocycles. The fourth-order valence-electron chi connectivity index (χ4n) is 2.62. The highest BCUT2D eigenvalue weighted by Gasteiger charge is 2.20. The maximum absolute atomic E-state index is 12.2. The van der Waals surface area contributed by atoms with E-state index in [2.05, 4.69) is 22.4 Å². The number of aryl methyl sites for hydroxylation is 1. The Morgan fingerprint density at radius 1 is 1.52 bits per heavy atom. The topological polar surface area (TPSA) is 57.2 Å². The predicted molar refractivity (Wildman–Crippen MR) is 86.0 cm³/mol. The van der Waals surface area contributed by atoms with E-state index in [-0.39, 0.29) is 5.91 Å². The van der Waals surface area contributed by atoms with Gasteiger partial charge in [-0.3, -0.25) is 4.79 Å². The molecule has 0 radical (unpaired) electrons. The zero-order valence-electron chi connectivity index (χ0n) is 12.3. The molecule has 0 saturated carbocycles. The van der Waals surface area contributed by atoms with Crippen LogP contribution in [0.4, 0.5) is 0 Å². The fraction of sp³-hybridized carbons (Fsp3) is 0.375. The van der Waals surface area contributed by atoms with Gasteiger partial charge in [0, 0.05) is 11.1 Å². The van der Waals surface area contributed by atoms with Gasteiger partial charge >= 0.3 is 0 Å². The number of hydrogen-bond donors (Lipinski definition) is 2. The molecule has 0 bridgehead atoms. The first-order valence-corrected chi connectivity index (χ1v) is 8.05. The molecule has 4 nitrogen and oxygen atoms in total. The van der Waals surface area contributed by atoms with E-state index in [1.165, 1.54) is 16.9 Å². The fourth-order valence-corrected chi connectivity index (χ4v) is 3.72. The number of H-pyrrole nitrogens is 1. The Bertz CT molecular complexity index is 670. The Balaban J connectivity index is 1.70. The van der Waals surface area contributed by atoms with Crippen LogP contribution in [-0.2, 0) is 12.8 Å². The smallest absolute Gasteiger partial charge is 0.281 e. The molecule has 110 valence electrons. The Labute approximate surface area is 128 Å². The molecule has 2 aromatic rings. The maximum atomic E-state index is 12.2. The molecule has 1 aliphatic rings. The largest absolute Gasteiger partial charge is 0.360 e. The van der Waals surface area contributed by atoms with Gasteiger partial charge in [0.15, 0.2) is 0 Å². The third-order valence-corrected chi connectivity index (χ3v) is 5.10. The van der Waals surface area contributed by atoms with Gasteiger partial charge in [0.1, 0.15) is 0 Å². The molecule has 0 spiro atoms. The lowest BCUT2D eigenvalue weighted by atomic mass is 9.90. The second-order valence-electron chi connectivity index (χ2n) is 5.63. The lowest BCUT2D eigenvalue weighted by Gasteiger charge is -2.16. The number of aromatic amines is 1. The van der Waals surface area contributed by atoms with Gasteiger partial charge in [-0.1, -0.05) is 6.92 Å². The molecule has 0 aliphatic heterocycles. The van der Waals surface area contributed by atoms with Crippen molar-refractivity contribution < 1.29 is 4.79 Å². The van der Waals surface area contributed by atoms with Gasteiger partial charge in [-0.15, -0.1) is 11.3 Å². The van der Waals surface area contributed by atoms with Crippen LogP contribution in [0.5, 0.6) is 0 Å². The number of nitrogens with zero attached hydrogens (tertiary/aromatic N) is 1. The molecule has 1 atom stereocenters. The second kappa shape index (κ2) is 5.85. The van der Waals surface area contributed by atoms with Crippen LogP contribution >= 0.6 is 11.3 Å². The molecule has 0 aromatic carbocycles. The predicted octanol–water partition coefficient (Wildman–Crippen LogP) is 3.36. The van der Waals surface area contributed by atoms with Gasteiger partial charge in [0.05, 0.1) is 16.3 Å². The van der Waals surface area contributed by atoms with Crippen LogP contribution in [0.25, 0.3) is 0 Å². The van der Waals surface area contributed by atoms with E-state index in [1.54, 1.807) is 11.3 Å². The molecule has 21 heavy (non-hydrogen) atoms. The summed E-state index contributed by atoms with van der Waals surface area (Å²) in [6, 6.07) is 5.87. The van der Waals surface area contributed by atoms with Crippen molar-refractivity contribution in [3.63, 3.8) is 0 Å². The zero-order valence-corrected chi connectivity index (χ0v) is 13.1. The van der Waals surface area contributed by atoms with E-state index >= 15 is 0 Å². The summed E-state index contributed by atoms with van der Waals surface area (Å²) in [5.74, 6) is 0.601. The first kappa shape index (κ1) is 14.1. The molecule has 2 N–H and O–H groups in total. The van der Waals surface area contributed by atoms with Crippen LogP contribution in [0.15, 0.2) is 29.5 Å². The molecule has 2 heterocycles. The number of aromatic nitrogens is 1. The van der Waals surface area contributed by atoms with Crippen molar-refractivity contribution >= 4 is 23.0 Å². The third kappa shape index (κ3) is 3.08. The van der Waals surface area contributed by atoms with Gasteiger partial charge < -0.3 is 4.98 Å². The summed E-state index contributed by atoms with van der Waals surface area (Å²) < 4.78 is 0. The average molecular weight is 301 g/mol. The van der Waals surface area contributed by atoms with Crippen LogP contribution in [-0.4, -0.2) is 16.6 Å². The summed E-state index contributed by atoms with van der Waals surface area (Å²) in [5.41, 5.74) is 5.67. The minimum atomic E-state index is -0.118. The van der Waals surface area contributed by atoms with E-state index in [1.807, 2.05) is 31.3 Å². The van der Waals surface area contributed by atoms with Crippen LogP contribution < -0.4 is 5.43 Å². The van der Waals surface area contributed by atoms with Crippen molar-refractivity contribution in [2.24, 2.45) is 11.0 Å². The first-order valence-electron chi connectivity index (χ1n) is 7.23. The number of thiophene rings is 1. The molecule has 2 aromatic heterocycles. The third-order valence-electron chi connectivity index (χ3n) is 3.87. The summed E-state index contributed by atoms with van der Waals surface area (Å²) in [4.78, 5) is 17.4. The van der Waals surface area contributed by atoms with E-state index in [0.29, 0.717) is 0 Å². The lowest BCUT2D eigenvalue weighted by molar-refractivity contribution is 0.0959. The number of carbonyl (C=O) groups is 1. The summed E-state index contributed by atoms with van der Waals surface area (Å²) >= 11 is 1.61. The van der Waals surface area contributed by atoms with E-state index in [9.17, 15) is 4.79 Å². The standard InChI is InChI=1S/C16H19N3OS/c1-10-5-6-14-12(8-10)9-15(21-14)16(20)19-18-11(2)13-4-3-7-17-13/h3-4,7,9-10,17H,5-6,8H2,1-2H3,(H,19,20)/b18-11+/t10-/m0/s1. The molecular weight excluding hydrogens is 282 g/mol. The number of fused-ring (bicyclic) bond motifs is 1. The highest BCUT2D eigenvalue weighted by molar-refractivity contribution is 7.14. The van der Waals surface area contributed by atoms with Crippen LogP contribution in [0, 0.1) is 5.92 Å². The normalized spacial score (nSPS) is 18.4. The molecule has 0 saturated heterocycles. The van der Waals surface area contributed by atoms with Crippen molar-refractivity contribution in [1.82, 2.24) is 10.4 Å². The van der Waals surface area contributed by atoms with Gasteiger partial charge in [0.2, 0.25) is 0 Å². The number of nitrogens with one attached hydrogen (secondary N) is 2. The lowest BCUT2D eigenvalue weighted by Crippen LogP contribution is -2.18. The Morgan fingerprint density at radius 3 is 3.14 bits per heavy atom. The molecule has 0 fully saturated rings. The van der Waals surface area contributed by atoms with Crippen molar-refractivity contribution in [2.45, 2.75) is 33.1 Å². The maximum Gasteiger partial charge on any atom is 0.281 e. The highest BCUT2D eigenvalue weighted by Crippen LogP contribution is 2.32. The summed E-state index contributed by atoms with van der Waals surface area (Å²) in [5, 5.41) is 4.16. The van der Waals surface area contributed by atoms with E-state index in [4.69, 9.17) is 0 Å². The molecular formula is C16H19N3OS. The van der Waals surface area contributed by atoms with E-state index in [0.717, 1.165) is 35.0 Å². The Hall–Kier alpha value is -1.88. The molecule has 0 unspecified atom stereocenters. The number of amides is 1. The van der Waals surface area contributed by atoms with Crippen molar-refractivity contribution in [3.05, 3.63) is 45.4 Å². The second-order valence-corrected chi connectivity index (χ2v) is 6.77. The van der Waals surface area contributed by atoms with Gasteiger partial charge in [0.25, 0.3) is 5.91 Å². The number of carbonyl (C=O) groups excluding carboxylic acids is 1. The zero-order chi connectivity index (χ0) is 14.8. The van der Waals surface area contributed by atoms with Gasteiger partial charge in [-0.2, -0.15) is 5.10 Å². The van der Waals surface area contributed by atoms with Crippen LogP contribution in [0.2, 0.25) is 0 Å². The summed E-state index contributed by atoms with van der Waals surface area (Å²) in [6.45, 7) is 4.14. The molecule has 1 amide bonds. The highest BCUT2D eigenvalue weighted by atomic mass is 32.1. The summed E-state index contributed by atoms with van der Waals surface area (Å²) in [6.07, 6.45) is 5.24. The number of rotatable bonds is 3. The first-order chi connectivity index (χ1) is 10.1. The molecule has 3 rings (SSSR count). The van der Waals surface area contributed by atoms with Crippen molar-refractivity contribution in [1.29, 1.82) is 0 Å². The average Bonchev–Trinajstić information content (AvgIpc) is 3.12. The Morgan fingerprint density at radius 2 is 2.38 bits per heavy atom. The summed E-state index contributed by atoms with van der Waals surface area (Å²) in [7, 11) is 0. The minimum absolute atomic E-state index is 0.118. The SMILES string of the molecule is C/C(=N\NC(=O)c1cc2c(s1)CC[C@H](C)C2)c1ccc[nH]1. The molecule has 5 heteroatoms. The van der Waals surface area contributed by atoms with Crippen molar-refractivity contribution in [2.75, 3.05) is 0 Å². The minimum Gasteiger partial charge on any atom is -0.360 e. The van der Waals surface area contributed by atoms with E-state index < -0.39 is 0 Å². The number of hydrogen-bond acceptors (Lipinski definition) is 3. The quantitative estimate of drug-likeness (QED) is 0.663. The van der Waals surface area contributed by atoms with Crippen molar-refractivity contribution in [3.8, 4) is 0 Å².